The van der Waals surface area contributed by atoms with Gasteiger partial charge in [-0.25, -0.2) is 9.07 Å². The molecular formula is C19H19FN4O. The van der Waals surface area contributed by atoms with E-state index in [1.807, 2.05) is 19.1 Å². The first-order valence-corrected chi connectivity index (χ1v) is 8.09. The molecule has 3 rings (SSSR count). The van der Waals surface area contributed by atoms with Crippen molar-refractivity contribution in [3.8, 4) is 5.69 Å². The van der Waals surface area contributed by atoms with E-state index in [0.29, 0.717) is 11.4 Å². The van der Waals surface area contributed by atoms with Crippen LogP contribution in [0.5, 0.6) is 0 Å². The molecule has 0 fully saturated rings. The molecule has 3 aromatic rings. The highest BCUT2D eigenvalue weighted by atomic mass is 19.1. The Kier molecular flexibility index (Phi) is 4.88. The van der Waals surface area contributed by atoms with Crippen LogP contribution >= 0.6 is 0 Å². The fourth-order valence-corrected chi connectivity index (χ4v) is 2.82. The largest absolute Gasteiger partial charge is 0.333 e. The zero-order valence-corrected chi connectivity index (χ0v) is 14.1. The van der Waals surface area contributed by atoms with Gasteiger partial charge in [0, 0.05) is 25.6 Å². The summed E-state index contributed by atoms with van der Waals surface area (Å²) in [6.07, 6.45) is 5.92. The summed E-state index contributed by atoms with van der Waals surface area (Å²) in [7, 11) is 1.77. The summed E-state index contributed by atoms with van der Waals surface area (Å²) >= 11 is 0. The third kappa shape index (κ3) is 3.57. The fraction of sp³-hybridized carbons (Fsp3) is 0.211. The highest BCUT2D eigenvalue weighted by molar-refractivity contribution is 5.92. The summed E-state index contributed by atoms with van der Waals surface area (Å²) in [5, 5.41) is 4.33. The molecule has 0 saturated heterocycles. The topological polar surface area (TPSA) is 51.0 Å². The Hall–Kier alpha value is -3.02. The smallest absolute Gasteiger partial charge is 0.274 e. The van der Waals surface area contributed by atoms with Crippen molar-refractivity contribution in [1.29, 1.82) is 0 Å². The van der Waals surface area contributed by atoms with Crippen LogP contribution in [0, 0.1) is 5.82 Å². The lowest BCUT2D eigenvalue weighted by molar-refractivity contribution is 0.0719. The van der Waals surface area contributed by atoms with Gasteiger partial charge in [-0.1, -0.05) is 6.92 Å². The molecule has 128 valence electrons. The lowest BCUT2D eigenvalue weighted by Crippen LogP contribution is -2.31. The van der Waals surface area contributed by atoms with Crippen LogP contribution in [0.25, 0.3) is 5.69 Å². The van der Waals surface area contributed by atoms with Crippen molar-refractivity contribution in [2.75, 3.05) is 7.05 Å². The van der Waals surface area contributed by atoms with E-state index in [2.05, 4.69) is 10.1 Å². The zero-order chi connectivity index (χ0) is 17.8. The molecule has 1 atom stereocenters. The van der Waals surface area contributed by atoms with Gasteiger partial charge in [0.2, 0.25) is 0 Å². The molecule has 1 unspecified atom stereocenters. The molecule has 5 nitrogen and oxygen atoms in total. The molecule has 0 spiro atoms. The number of nitrogens with zero attached hydrogens (tertiary/aromatic N) is 4. The summed E-state index contributed by atoms with van der Waals surface area (Å²) in [5.74, 6) is -0.473. The van der Waals surface area contributed by atoms with Gasteiger partial charge in [-0.3, -0.25) is 9.78 Å². The second-order valence-corrected chi connectivity index (χ2v) is 5.74. The number of benzene rings is 1. The molecule has 0 aliphatic heterocycles. The molecule has 6 heteroatoms. The standard InChI is InChI=1S/C19H19FN4O/c1-3-18(14-8-11-21-12-9-14)23(2)19(25)17-10-13-24(22-17)16-6-4-15(20)5-7-16/h4-13,18H,3H2,1-2H3. The fourth-order valence-electron chi connectivity index (χ4n) is 2.82. The van der Waals surface area contributed by atoms with Crippen LogP contribution in [0.3, 0.4) is 0 Å². The van der Waals surface area contributed by atoms with Crippen LogP contribution < -0.4 is 0 Å². The quantitative estimate of drug-likeness (QED) is 0.714. The van der Waals surface area contributed by atoms with E-state index in [4.69, 9.17) is 0 Å². The van der Waals surface area contributed by atoms with E-state index in [0.717, 1.165) is 12.0 Å². The molecule has 25 heavy (non-hydrogen) atoms. The minimum atomic E-state index is -0.310. The van der Waals surface area contributed by atoms with Gasteiger partial charge in [-0.2, -0.15) is 5.10 Å². The minimum absolute atomic E-state index is 0.0496. The highest BCUT2D eigenvalue weighted by Gasteiger charge is 2.23. The first-order chi connectivity index (χ1) is 12.1. The molecule has 0 saturated carbocycles. The number of pyridine rings is 1. The van der Waals surface area contributed by atoms with Crippen molar-refractivity contribution in [3.63, 3.8) is 0 Å². The molecule has 0 bridgehead atoms. The number of amides is 1. The van der Waals surface area contributed by atoms with Crippen LogP contribution in [0.4, 0.5) is 4.39 Å². The normalized spacial score (nSPS) is 12.0. The number of carbonyl (C=O) groups excluding carboxylic acids is 1. The van der Waals surface area contributed by atoms with Crippen LogP contribution in [0.2, 0.25) is 0 Å². The Morgan fingerprint density at radius 2 is 1.84 bits per heavy atom. The van der Waals surface area contributed by atoms with Gasteiger partial charge in [-0.15, -0.1) is 0 Å². The van der Waals surface area contributed by atoms with E-state index in [-0.39, 0.29) is 17.8 Å². The zero-order valence-electron chi connectivity index (χ0n) is 14.1. The number of rotatable bonds is 5. The van der Waals surface area contributed by atoms with Gasteiger partial charge in [0.1, 0.15) is 5.82 Å². The van der Waals surface area contributed by atoms with Gasteiger partial charge in [0.25, 0.3) is 5.91 Å². The molecule has 0 aliphatic rings. The molecule has 1 amide bonds. The lowest BCUT2D eigenvalue weighted by atomic mass is 10.0. The van der Waals surface area contributed by atoms with E-state index >= 15 is 0 Å². The Morgan fingerprint density at radius 1 is 1.16 bits per heavy atom. The number of hydrogen-bond donors (Lipinski definition) is 0. The summed E-state index contributed by atoms with van der Waals surface area (Å²) in [5.41, 5.74) is 2.08. The Balaban J connectivity index is 1.82. The van der Waals surface area contributed by atoms with Crippen molar-refractivity contribution >= 4 is 5.91 Å². The summed E-state index contributed by atoms with van der Waals surface area (Å²) in [6, 6.07) is 11.4. The summed E-state index contributed by atoms with van der Waals surface area (Å²) in [4.78, 5) is 18.5. The van der Waals surface area contributed by atoms with Gasteiger partial charge in [-0.05, 0) is 54.4 Å². The van der Waals surface area contributed by atoms with Crippen LogP contribution in [0.15, 0.2) is 61.1 Å². The second-order valence-electron chi connectivity index (χ2n) is 5.74. The predicted molar refractivity (Wildman–Crippen MR) is 92.9 cm³/mol. The predicted octanol–water partition coefficient (Wildman–Crippen LogP) is 3.63. The SMILES string of the molecule is CCC(c1ccncc1)N(C)C(=O)c1ccn(-c2ccc(F)cc2)n1. The van der Waals surface area contributed by atoms with Crippen molar-refractivity contribution in [2.45, 2.75) is 19.4 Å². The first kappa shape index (κ1) is 16.8. The number of aromatic nitrogens is 3. The van der Waals surface area contributed by atoms with Crippen molar-refractivity contribution in [3.05, 3.63) is 78.1 Å². The van der Waals surface area contributed by atoms with Crippen molar-refractivity contribution in [1.82, 2.24) is 19.7 Å². The molecular weight excluding hydrogens is 319 g/mol. The van der Waals surface area contributed by atoms with E-state index in [9.17, 15) is 9.18 Å². The number of halogens is 1. The Bertz CT molecular complexity index is 845. The first-order valence-electron chi connectivity index (χ1n) is 8.09. The third-order valence-corrected chi connectivity index (χ3v) is 4.16. The summed E-state index contributed by atoms with van der Waals surface area (Å²) in [6.45, 7) is 2.03. The van der Waals surface area contributed by atoms with Gasteiger partial charge in [0.15, 0.2) is 5.69 Å². The van der Waals surface area contributed by atoms with Crippen molar-refractivity contribution < 1.29 is 9.18 Å². The maximum atomic E-state index is 13.0. The average Bonchev–Trinajstić information content (AvgIpc) is 3.13. The molecule has 0 aliphatic carbocycles. The number of carbonyl (C=O) groups is 1. The number of hydrogen-bond acceptors (Lipinski definition) is 3. The highest BCUT2D eigenvalue weighted by Crippen LogP contribution is 2.23. The van der Waals surface area contributed by atoms with Gasteiger partial charge < -0.3 is 4.90 Å². The average molecular weight is 338 g/mol. The molecule has 0 radical (unpaired) electrons. The maximum Gasteiger partial charge on any atom is 0.274 e. The Morgan fingerprint density at radius 3 is 2.48 bits per heavy atom. The van der Waals surface area contributed by atoms with E-state index in [1.165, 1.54) is 12.1 Å². The van der Waals surface area contributed by atoms with Crippen molar-refractivity contribution in [2.24, 2.45) is 0 Å². The van der Waals surface area contributed by atoms with E-state index in [1.54, 1.807) is 53.4 Å². The molecule has 2 heterocycles. The maximum absolute atomic E-state index is 13.0. The van der Waals surface area contributed by atoms with E-state index < -0.39 is 0 Å². The van der Waals surface area contributed by atoms with Crippen LogP contribution in [-0.2, 0) is 0 Å². The second kappa shape index (κ2) is 7.25. The van der Waals surface area contributed by atoms with Gasteiger partial charge in [0.05, 0.1) is 11.7 Å². The molecule has 0 N–H and O–H groups in total. The molecule has 2 aromatic heterocycles. The van der Waals surface area contributed by atoms with Crippen LogP contribution in [0.1, 0.15) is 35.4 Å². The lowest BCUT2D eigenvalue weighted by Gasteiger charge is -2.27. The Labute approximate surface area is 145 Å². The monoisotopic (exact) mass is 338 g/mol. The third-order valence-electron chi connectivity index (χ3n) is 4.16. The minimum Gasteiger partial charge on any atom is -0.333 e. The van der Waals surface area contributed by atoms with Gasteiger partial charge >= 0.3 is 0 Å². The summed E-state index contributed by atoms with van der Waals surface area (Å²) < 4.78 is 14.6. The molecule has 1 aromatic carbocycles. The van der Waals surface area contributed by atoms with Crippen LogP contribution in [-0.4, -0.2) is 32.6 Å².